The average molecular weight is 1310 g/mol. The summed E-state index contributed by atoms with van der Waals surface area (Å²) in [6.45, 7) is 3.94. The number of fused-ring (bicyclic) bond motifs is 3. The number of carbonyl (C=O) groups is 12. The number of nitrogens with one attached hydrogen (secondary N) is 9. The number of amides is 12. The Morgan fingerprint density at radius 3 is 1.46 bits per heavy atom. The standard InChI is InChI=1S/C62H92N18O14/c1-34(2)49-56(90)70-31-47(83)71-40(20-12-24-68-62(65)66)58(92)79-26-14-22-45(79)60(94)80-32-38(82)29-46(80)54(88)69-30-48(84)72-41(27-36-15-7-5-8-16-36)52(86)75-43(33-81)59(93)78-25-13-21-44(78)55(89)74-42(28-37-17-9-6-10-18-37)53(87)73-39(19-11-23-67-61(63)64)51(85)76-50(35(3)4)57(91)77-49/h5-10,15-18,34-35,38-46,49-50,81-82H,11-14,19-33H2,1-4H3,(H,69,88)(H,70,90)(H,71,83)(H,72,84)(H,73,87)(H,74,89)(H,75,86)(H,76,85)(H,77,91)(H4,63,64,67)(H4,65,66,68)/t38?,39-,40-,41-,42-,43-,44-,45-,46-,49-,50-/m0/s1. The maximum atomic E-state index is 14.7. The third-order valence-corrected chi connectivity index (χ3v) is 16.7. The van der Waals surface area contributed by atoms with Crippen molar-refractivity contribution < 1.29 is 67.7 Å². The van der Waals surface area contributed by atoms with Gasteiger partial charge in [-0.3, -0.25) is 67.5 Å². The van der Waals surface area contributed by atoms with Gasteiger partial charge in [0.1, 0.15) is 60.4 Å². The van der Waals surface area contributed by atoms with E-state index in [1.807, 2.05) is 0 Å². The van der Waals surface area contributed by atoms with Crippen LogP contribution in [0, 0.1) is 11.8 Å². The maximum Gasteiger partial charge on any atom is 0.248 e. The molecule has 2 aromatic rings. The van der Waals surface area contributed by atoms with Crippen molar-refractivity contribution in [1.82, 2.24) is 62.6 Å². The number of carbonyl (C=O) groups excluding carboxylic acids is 12. The molecular weight excluding hydrogens is 1220 g/mol. The van der Waals surface area contributed by atoms with Crippen molar-refractivity contribution in [1.29, 1.82) is 0 Å². The first-order valence-corrected chi connectivity index (χ1v) is 31.8. The summed E-state index contributed by atoms with van der Waals surface area (Å²) in [5.74, 6) is -11.5. The molecule has 0 saturated carbocycles. The predicted octanol–water partition coefficient (Wildman–Crippen LogP) is -5.53. The molecule has 0 spiro atoms. The first kappa shape index (κ1) is 73.6. The highest BCUT2D eigenvalue weighted by molar-refractivity contribution is 6.00. The third-order valence-electron chi connectivity index (χ3n) is 16.7. The van der Waals surface area contributed by atoms with Crippen molar-refractivity contribution in [3.63, 3.8) is 0 Å². The van der Waals surface area contributed by atoms with Gasteiger partial charge in [-0.1, -0.05) is 88.4 Å². The monoisotopic (exact) mass is 1310 g/mol. The number of aliphatic hydroxyl groups excluding tert-OH is 2. The fourth-order valence-corrected chi connectivity index (χ4v) is 11.8. The highest BCUT2D eigenvalue weighted by Crippen LogP contribution is 2.27. The third kappa shape index (κ3) is 21.3. The first-order valence-electron chi connectivity index (χ1n) is 31.8. The number of aliphatic hydroxyl groups is 2. The van der Waals surface area contributed by atoms with Gasteiger partial charge in [0, 0.05) is 52.0 Å². The molecule has 0 aliphatic carbocycles. The molecule has 4 fully saturated rings. The number of nitrogens with zero attached hydrogens (tertiary/aromatic N) is 5. The van der Waals surface area contributed by atoms with E-state index in [1.54, 1.807) is 88.4 Å². The minimum atomic E-state index is -1.66. The van der Waals surface area contributed by atoms with Crippen LogP contribution in [0.4, 0.5) is 0 Å². The van der Waals surface area contributed by atoms with Gasteiger partial charge in [-0.2, -0.15) is 0 Å². The van der Waals surface area contributed by atoms with E-state index in [-0.39, 0.29) is 102 Å². The molecule has 19 N–H and O–H groups in total. The zero-order valence-electron chi connectivity index (χ0n) is 53.6. The van der Waals surface area contributed by atoms with Gasteiger partial charge in [0.2, 0.25) is 70.9 Å². The summed E-state index contributed by atoms with van der Waals surface area (Å²) >= 11 is 0. The van der Waals surface area contributed by atoms with Crippen molar-refractivity contribution in [2.45, 2.75) is 165 Å². The largest absolute Gasteiger partial charge is 0.394 e. The molecule has 4 aliphatic heterocycles. The molecule has 6 rings (SSSR count). The Labute approximate surface area is 545 Å². The molecule has 0 radical (unpaired) electrons. The molecule has 4 aliphatic rings. The molecule has 1 unspecified atom stereocenters. The van der Waals surface area contributed by atoms with Gasteiger partial charge in [0.15, 0.2) is 11.9 Å². The van der Waals surface area contributed by atoms with Crippen LogP contribution in [0.2, 0.25) is 0 Å². The van der Waals surface area contributed by atoms with Gasteiger partial charge < -0.3 is 95.7 Å². The normalized spacial score (nSPS) is 26.5. The van der Waals surface area contributed by atoms with E-state index in [0.29, 0.717) is 24.0 Å². The van der Waals surface area contributed by atoms with Gasteiger partial charge >= 0.3 is 0 Å². The lowest BCUT2D eigenvalue weighted by atomic mass is 9.98. The maximum absolute atomic E-state index is 14.7. The number of nitrogens with two attached hydrogens (primary N) is 4. The second kappa shape index (κ2) is 35.5. The van der Waals surface area contributed by atoms with Crippen LogP contribution < -0.4 is 70.8 Å². The zero-order valence-corrected chi connectivity index (χ0v) is 53.6. The molecule has 32 heteroatoms. The summed E-state index contributed by atoms with van der Waals surface area (Å²) in [4.78, 5) is 183. The summed E-state index contributed by atoms with van der Waals surface area (Å²) in [7, 11) is 0. The van der Waals surface area contributed by atoms with Crippen LogP contribution in [0.15, 0.2) is 70.6 Å². The van der Waals surface area contributed by atoms with Crippen LogP contribution in [0.3, 0.4) is 0 Å². The van der Waals surface area contributed by atoms with E-state index >= 15 is 0 Å². The van der Waals surface area contributed by atoms with Crippen molar-refractivity contribution in [3.8, 4) is 0 Å². The van der Waals surface area contributed by atoms with E-state index in [2.05, 4.69) is 57.8 Å². The Morgan fingerprint density at radius 2 is 0.926 bits per heavy atom. The second-order valence-electron chi connectivity index (χ2n) is 24.6. The number of hydrogen-bond acceptors (Lipinski definition) is 16. The Balaban J connectivity index is 1.34. The highest BCUT2D eigenvalue weighted by Gasteiger charge is 2.47. The minimum Gasteiger partial charge on any atom is -0.394 e. The molecule has 4 saturated heterocycles. The minimum absolute atomic E-state index is 0.00751. The van der Waals surface area contributed by atoms with E-state index < -0.39 is 169 Å². The summed E-state index contributed by atoms with van der Waals surface area (Å²) in [6, 6.07) is 3.49. The highest BCUT2D eigenvalue weighted by atomic mass is 16.3. The molecule has 32 nitrogen and oxygen atoms in total. The number of benzene rings is 2. The zero-order chi connectivity index (χ0) is 68.8. The predicted molar refractivity (Wildman–Crippen MR) is 342 cm³/mol. The van der Waals surface area contributed by atoms with Gasteiger partial charge in [-0.15, -0.1) is 0 Å². The van der Waals surface area contributed by atoms with E-state index in [0.717, 1.165) is 9.80 Å². The topological polar surface area (TPSA) is 492 Å². The number of rotatable bonds is 15. The molecule has 514 valence electrons. The summed E-state index contributed by atoms with van der Waals surface area (Å²) < 4.78 is 0. The van der Waals surface area contributed by atoms with Crippen LogP contribution >= 0.6 is 0 Å². The lowest BCUT2D eigenvalue weighted by molar-refractivity contribution is -0.148. The Kier molecular flexibility index (Phi) is 27.8. The molecule has 94 heavy (non-hydrogen) atoms. The van der Waals surface area contributed by atoms with Crippen molar-refractivity contribution >= 4 is 82.8 Å². The molecule has 11 atom stereocenters. The average Bonchev–Trinajstić information content (AvgIpc) is 1.65. The van der Waals surface area contributed by atoms with E-state index in [4.69, 9.17) is 22.9 Å². The van der Waals surface area contributed by atoms with Crippen LogP contribution in [-0.4, -0.2) is 227 Å². The van der Waals surface area contributed by atoms with Crippen molar-refractivity contribution in [2.75, 3.05) is 52.4 Å². The first-order chi connectivity index (χ1) is 44.8. The van der Waals surface area contributed by atoms with Gasteiger partial charge in [-0.25, -0.2) is 0 Å². The van der Waals surface area contributed by atoms with Crippen LogP contribution in [0.1, 0.15) is 96.6 Å². The summed E-state index contributed by atoms with van der Waals surface area (Å²) in [6.07, 6.45) is -0.693. The van der Waals surface area contributed by atoms with E-state index in [1.165, 1.54) is 4.90 Å². The Hall–Kier alpha value is -9.46. The van der Waals surface area contributed by atoms with Crippen LogP contribution in [0.25, 0.3) is 0 Å². The number of hydrogen-bond donors (Lipinski definition) is 15. The molecular formula is C62H92N18O14. The van der Waals surface area contributed by atoms with E-state index in [9.17, 15) is 67.7 Å². The van der Waals surface area contributed by atoms with Crippen molar-refractivity contribution in [2.24, 2.45) is 44.8 Å². The summed E-state index contributed by atoms with van der Waals surface area (Å²) in [5, 5.41) is 45.3. The smallest absolute Gasteiger partial charge is 0.248 e. The molecule has 4 heterocycles. The van der Waals surface area contributed by atoms with Crippen molar-refractivity contribution in [3.05, 3.63) is 71.8 Å². The number of guanidine groups is 2. The molecule has 0 bridgehead atoms. The lowest BCUT2D eigenvalue weighted by Crippen LogP contribution is -2.61. The molecule has 12 amide bonds. The van der Waals surface area contributed by atoms with Crippen LogP contribution in [0.5, 0.6) is 0 Å². The quantitative estimate of drug-likeness (QED) is 0.0449. The van der Waals surface area contributed by atoms with Gasteiger partial charge in [0.05, 0.1) is 25.8 Å². The van der Waals surface area contributed by atoms with Gasteiger partial charge in [-0.05, 0) is 74.3 Å². The molecule has 2 aromatic carbocycles. The SMILES string of the molecule is CC(C)[C@@H]1NC(=O)[C@H](CCCN=C(N)N)NC(=O)[C@H](Cc2ccccc2)NC(=O)[C@@H]2CCCN2C(=O)[C@H](CO)NC(=O)[C@H](Cc2ccccc2)NC(=O)CNC(=O)[C@@H]2CC(O)CN2C(=O)[C@@H]2CCCN2C(=O)[C@H](CCCN=C(N)N)NC(=O)CNC(=O)[C@H](C(C)C)NC1=O. The Bertz CT molecular complexity index is 3070. The fraction of sp³-hybridized carbons (Fsp3) is 0.581. The second-order valence-corrected chi connectivity index (χ2v) is 24.6. The fourth-order valence-electron chi connectivity index (χ4n) is 11.8. The number of aliphatic imine (C=N–C) groups is 2. The summed E-state index contributed by atoms with van der Waals surface area (Å²) in [5.41, 5.74) is 23.4. The van der Waals surface area contributed by atoms with Crippen LogP contribution in [-0.2, 0) is 70.4 Å². The van der Waals surface area contributed by atoms with Gasteiger partial charge in [0.25, 0.3) is 0 Å². The Morgan fingerprint density at radius 1 is 0.489 bits per heavy atom. The molecule has 0 aromatic heterocycles. The lowest BCUT2D eigenvalue weighted by Gasteiger charge is -2.33.